The molecule has 1 aliphatic rings. The van der Waals surface area contributed by atoms with E-state index in [1.54, 1.807) is 16.8 Å². The Morgan fingerprint density at radius 3 is 2.56 bits per heavy atom. The fourth-order valence-corrected chi connectivity index (χ4v) is 4.63. The van der Waals surface area contributed by atoms with Crippen LogP contribution in [0.15, 0.2) is 76.2 Å². The van der Waals surface area contributed by atoms with Crippen molar-refractivity contribution in [3.63, 3.8) is 0 Å². The Morgan fingerprint density at radius 2 is 1.76 bits per heavy atom. The third-order valence-electron chi connectivity index (χ3n) is 6.41. The summed E-state index contributed by atoms with van der Waals surface area (Å²) in [5, 5.41) is 12.1. The number of rotatable bonds is 5. The first kappa shape index (κ1) is 20.6. The lowest BCUT2D eigenvalue weighted by molar-refractivity contribution is 0.432. The van der Waals surface area contributed by atoms with E-state index >= 15 is 0 Å². The van der Waals surface area contributed by atoms with Gasteiger partial charge in [-0.25, -0.2) is 4.52 Å². The van der Waals surface area contributed by atoms with E-state index in [2.05, 4.69) is 49.8 Å². The molecule has 0 saturated carbocycles. The molecule has 170 valence electrons. The second-order valence-electron chi connectivity index (χ2n) is 8.68. The summed E-state index contributed by atoms with van der Waals surface area (Å²) < 4.78 is 7.38. The van der Waals surface area contributed by atoms with Gasteiger partial charge in [0, 0.05) is 17.5 Å². The number of piperidine rings is 1. The van der Waals surface area contributed by atoms with Gasteiger partial charge < -0.3 is 14.8 Å². The van der Waals surface area contributed by atoms with Gasteiger partial charge in [0.25, 0.3) is 11.4 Å². The van der Waals surface area contributed by atoms with Crippen LogP contribution in [0, 0.1) is 0 Å². The number of aromatic nitrogens is 5. The van der Waals surface area contributed by atoms with E-state index in [1.807, 2.05) is 30.3 Å². The van der Waals surface area contributed by atoms with Crippen molar-refractivity contribution in [1.29, 1.82) is 0 Å². The van der Waals surface area contributed by atoms with E-state index in [0.717, 1.165) is 43.6 Å². The highest BCUT2D eigenvalue weighted by molar-refractivity contribution is 5.72. The third kappa shape index (κ3) is 3.92. The Hall–Kier alpha value is -4.04. The Labute approximate surface area is 195 Å². The molecule has 1 aliphatic heterocycles. The van der Waals surface area contributed by atoms with E-state index in [4.69, 9.17) is 4.52 Å². The van der Waals surface area contributed by atoms with Crippen LogP contribution in [-0.4, -0.2) is 37.8 Å². The molecule has 0 radical (unpaired) electrons. The van der Waals surface area contributed by atoms with Crippen LogP contribution in [-0.2, 0) is 6.42 Å². The molecule has 0 unspecified atom stereocenters. The van der Waals surface area contributed by atoms with Gasteiger partial charge in [0.15, 0.2) is 0 Å². The summed E-state index contributed by atoms with van der Waals surface area (Å²) in [5.74, 6) is 1.11. The van der Waals surface area contributed by atoms with E-state index < -0.39 is 0 Å². The monoisotopic (exact) mass is 452 g/mol. The molecule has 0 spiro atoms. The zero-order valence-electron chi connectivity index (χ0n) is 18.6. The van der Waals surface area contributed by atoms with Gasteiger partial charge in [0.05, 0.1) is 11.9 Å². The van der Waals surface area contributed by atoms with Crippen LogP contribution in [0.4, 0.5) is 0 Å². The predicted molar refractivity (Wildman–Crippen MR) is 129 cm³/mol. The number of aromatic amines is 1. The molecule has 0 amide bonds. The second-order valence-corrected chi connectivity index (χ2v) is 8.68. The van der Waals surface area contributed by atoms with Crippen molar-refractivity contribution < 1.29 is 4.52 Å². The van der Waals surface area contributed by atoms with E-state index in [-0.39, 0.29) is 11.5 Å². The molecule has 0 aliphatic carbocycles. The standard InChI is InChI=1S/C26H24N6O2/c33-23-15-22(19-10-12-27-13-11-19)32-25(29-23)21(16-28-32)26-30-24(31-34-26)20-8-6-18(7-9-20)14-17-4-2-1-3-5-17/h1-9,15-16,19,27H,10-14H2,(H,29,33). The van der Waals surface area contributed by atoms with Crippen molar-refractivity contribution in [3.8, 4) is 22.8 Å². The van der Waals surface area contributed by atoms with Gasteiger partial charge in [0.1, 0.15) is 11.2 Å². The summed E-state index contributed by atoms with van der Waals surface area (Å²) >= 11 is 0. The van der Waals surface area contributed by atoms with Crippen LogP contribution < -0.4 is 10.9 Å². The average Bonchev–Trinajstić information content (AvgIpc) is 3.53. The van der Waals surface area contributed by atoms with E-state index in [9.17, 15) is 4.79 Å². The SMILES string of the molecule is O=c1cc(C2CCNCC2)n2ncc(-c3nc(-c4ccc(Cc5ccccc5)cc4)no3)c2[nH]1. The molecule has 3 aromatic heterocycles. The minimum absolute atomic E-state index is 0.156. The smallest absolute Gasteiger partial charge is 0.263 e. The number of nitrogens with one attached hydrogen (secondary N) is 2. The van der Waals surface area contributed by atoms with Crippen LogP contribution in [0.5, 0.6) is 0 Å². The van der Waals surface area contributed by atoms with Gasteiger partial charge >= 0.3 is 0 Å². The number of hydrogen-bond donors (Lipinski definition) is 2. The molecule has 0 atom stereocenters. The maximum atomic E-state index is 12.4. The lowest BCUT2D eigenvalue weighted by atomic mass is 9.94. The minimum atomic E-state index is -0.156. The van der Waals surface area contributed by atoms with Crippen molar-refractivity contribution in [2.75, 3.05) is 13.1 Å². The molecule has 34 heavy (non-hydrogen) atoms. The molecular formula is C26H24N6O2. The first-order valence-electron chi connectivity index (χ1n) is 11.5. The van der Waals surface area contributed by atoms with Crippen LogP contribution in [0.25, 0.3) is 28.5 Å². The summed E-state index contributed by atoms with van der Waals surface area (Å²) in [6, 6.07) is 20.2. The normalized spacial score (nSPS) is 14.6. The van der Waals surface area contributed by atoms with Crippen LogP contribution in [0.3, 0.4) is 0 Å². The van der Waals surface area contributed by atoms with Crippen LogP contribution >= 0.6 is 0 Å². The largest absolute Gasteiger partial charge is 0.333 e. The molecule has 2 N–H and O–H groups in total. The van der Waals surface area contributed by atoms with Gasteiger partial charge in [-0.05, 0) is 43.5 Å². The quantitative estimate of drug-likeness (QED) is 0.421. The average molecular weight is 453 g/mol. The Kier molecular flexibility index (Phi) is 5.27. The van der Waals surface area contributed by atoms with Gasteiger partial charge in [-0.2, -0.15) is 10.1 Å². The highest BCUT2D eigenvalue weighted by Gasteiger charge is 2.22. The number of benzene rings is 2. The zero-order valence-corrected chi connectivity index (χ0v) is 18.6. The topological polar surface area (TPSA) is 101 Å². The fourth-order valence-electron chi connectivity index (χ4n) is 4.63. The van der Waals surface area contributed by atoms with Crippen molar-refractivity contribution in [1.82, 2.24) is 30.1 Å². The lowest BCUT2D eigenvalue weighted by Gasteiger charge is -2.23. The van der Waals surface area contributed by atoms with Crippen molar-refractivity contribution >= 4 is 5.65 Å². The fraction of sp³-hybridized carbons (Fsp3) is 0.231. The molecule has 6 rings (SSSR count). The predicted octanol–water partition coefficient (Wildman–Crippen LogP) is 3.80. The van der Waals surface area contributed by atoms with Crippen molar-refractivity contribution in [3.05, 3.63) is 94.0 Å². The van der Waals surface area contributed by atoms with Gasteiger partial charge in [-0.1, -0.05) is 59.8 Å². The Bertz CT molecular complexity index is 1480. The first-order valence-corrected chi connectivity index (χ1v) is 11.5. The molecule has 8 nitrogen and oxygen atoms in total. The van der Waals surface area contributed by atoms with Crippen molar-refractivity contribution in [2.45, 2.75) is 25.2 Å². The molecule has 0 bridgehead atoms. The molecule has 4 heterocycles. The first-order chi connectivity index (χ1) is 16.7. The van der Waals surface area contributed by atoms with Crippen molar-refractivity contribution in [2.24, 2.45) is 0 Å². The lowest BCUT2D eigenvalue weighted by Crippen LogP contribution is -2.28. The second kappa shape index (κ2) is 8.72. The van der Waals surface area contributed by atoms with Gasteiger partial charge in [-0.15, -0.1) is 0 Å². The molecule has 8 heteroatoms. The Balaban J connectivity index is 1.29. The van der Waals surface area contributed by atoms with E-state index in [1.165, 1.54) is 11.1 Å². The number of hydrogen-bond acceptors (Lipinski definition) is 6. The number of H-pyrrole nitrogens is 1. The molecular weight excluding hydrogens is 428 g/mol. The number of fused-ring (bicyclic) bond motifs is 1. The van der Waals surface area contributed by atoms with E-state index in [0.29, 0.717) is 22.9 Å². The summed E-state index contributed by atoms with van der Waals surface area (Å²) in [7, 11) is 0. The Morgan fingerprint density at radius 1 is 1.00 bits per heavy atom. The number of nitrogens with zero attached hydrogens (tertiary/aromatic N) is 4. The molecule has 2 aromatic carbocycles. The summed E-state index contributed by atoms with van der Waals surface area (Å²) in [4.78, 5) is 19.9. The molecule has 1 fully saturated rings. The summed E-state index contributed by atoms with van der Waals surface area (Å²) in [5.41, 5.74) is 5.30. The summed E-state index contributed by atoms with van der Waals surface area (Å²) in [6.07, 6.45) is 4.49. The summed E-state index contributed by atoms with van der Waals surface area (Å²) in [6.45, 7) is 1.87. The molecule has 5 aromatic rings. The molecule has 1 saturated heterocycles. The maximum absolute atomic E-state index is 12.4. The zero-order chi connectivity index (χ0) is 22.9. The van der Waals surface area contributed by atoms with Gasteiger partial charge in [0.2, 0.25) is 5.82 Å². The highest BCUT2D eigenvalue weighted by Crippen LogP contribution is 2.29. The van der Waals surface area contributed by atoms with Crippen LogP contribution in [0.2, 0.25) is 0 Å². The highest BCUT2D eigenvalue weighted by atomic mass is 16.5. The third-order valence-corrected chi connectivity index (χ3v) is 6.41. The maximum Gasteiger partial charge on any atom is 0.263 e. The van der Waals surface area contributed by atoms with Gasteiger partial charge in [-0.3, -0.25) is 4.79 Å². The van der Waals surface area contributed by atoms with Crippen LogP contribution in [0.1, 0.15) is 35.6 Å². The minimum Gasteiger partial charge on any atom is -0.333 e.